The van der Waals surface area contributed by atoms with Crippen molar-refractivity contribution in [1.82, 2.24) is 0 Å². The third-order valence-electron chi connectivity index (χ3n) is 3.91. The summed E-state index contributed by atoms with van der Waals surface area (Å²) in [6.07, 6.45) is 8.43. The van der Waals surface area contributed by atoms with E-state index < -0.39 is 0 Å². The number of hydrogen-bond donors (Lipinski definition) is 0. The number of hydrogen-bond acceptors (Lipinski definition) is 0. The Labute approximate surface area is 99.2 Å². The highest BCUT2D eigenvalue weighted by Gasteiger charge is 2.39. The summed E-state index contributed by atoms with van der Waals surface area (Å²) in [5, 5.41) is 0. The summed E-state index contributed by atoms with van der Waals surface area (Å²) in [6, 6.07) is 7.73. The summed E-state index contributed by atoms with van der Waals surface area (Å²) in [6.45, 7) is 0. The summed E-state index contributed by atoms with van der Waals surface area (Å²) in [5.41, 5.74) is 3.77. The number of rotatable bonds is 0. The van der Waals surface area contributed by atoms with Crippen LogP contribution >= 0.6 is 22.6 Å². The van der Waals surface area contributed by atoms with Gasteiger partial charge < -0.3 is 0 Å². The van der Waals surface area contributed by atoms with E-state index in [1.165, 1.54) is 47.7 Å². The minimum atomic E-state index is 0.653. The van der Waals surface area contributed by atoms with Gasteiger partial charge in [0, 0.05) is 3.57 Å². The minimum Gasteiger partial charge on any atom is -0.0530 e. The van der Waals surface area contributed by atoms with Crippen molar-refractivity contribution >= 4 is 22.6 Å². The van der Waals surface area contributed by atoms with E-state index in [9.17, 15) is 0 Å². The molecule has 1 spiro atoms. The van der Waals surface area contributed by atoms with Gasteiger partial charge in [-0.15, -0.1) is 0 Å². The monoisotopic (exact) mass is 297 g/mol. The Morgan fingerprint density at radius 3 is 2.71 bits per heavy atom. The fraction of sp³-hybridized carbons (Fsp3) is 0.538. The zero-order chi connectivity index (χ0) is 9.60. The van der Waals surface area contributed by atoms with E-state index in [1.54, 1.807) is 5.56 Å². The second kappa shape index (κ2) is 3.22. The summed E-state index contributed by atoms with van der Waals surface area (Å²) in [5.74, 6) is 0. The molecule has 0 aromatic heterocycles. The molecule has 14 heavy (non-hydrogen) atoms. The molecule has 0 N–H and O–H groups in total. The first-order valence-corrected chi connectivity index (χ1v) is 6.55. The van der Waals surface area contributed by atoms with Crippen molar-refractivity contribution in [2.24, 2.45) is 5.41 Å². The molecule has 1 saturated carbocycles. The van der Waals surface area contributed by atoms with Crippen LogP contribution in [0.1, 0.15) is 36.8 Å². The molecular weight excluding hydrogens is 283 g/mol. The standard InChI is InChI=1S/C13H14I/c14-12-5-3-4-10-8-13(9-11(10)12)6-1-2-7-13/h3,5H,1-2,6-9H2. The Morgan fingerprint density at radius 2 is 2.00 bits per heavy atom. The highest BCUT2D eigenvalue weighted by atomic mass is 127. The first kappa shape index (κ1) is 9.20. The minimum absolute atomic E-state index is 0.653. The van der Waals surface area contributed by atoms with Gasteiger partial charge >= 0.3 is 0 Å². The van der Waals surface area contributed by atoms with E-state index in [2.05, 4.69) is 40.8 Å². The molecule has 0 saturated heterocycles. The second-order valence-corrected chi connectivity index (χ2v) is 6.01. The number of benzene rings is 1. The third kappa shape index (κ3) is 1.32. The van der Waals surface area contributed by atoms with Gasteiger partial charge in [0.1, 0.15) is 0 Å². The molecule has 1 fully saturated rings. The Morgan fingerprint density at radius 1 is 1.21 bits per heavy atom. The van der Waals surface area contributed by atoms with Crippen LogP contribution in [0.2, 0.25) is 0 Å². The van der Waals surface area contributed by atoms with Gasteiger partial charge in [-0.1, -0.05) is 18.9 Å². The van der Waals surface area contributed by atoms with Crippen molar-refractivity contribution in [3.8, 4) is 0 Å². The SMILES string of the molecule is Ic1cc[c]c2c1CC1(CCCC1)C2. The molecule has 0 amide bonds. The van der Waals surface area contributed by atoms with Crippen LogP contribution < -0.4 is 0 Å². The molecule has 0 unspecified atom stereocenters. The highest BCUT2D eigenvalue weighted by molar-refractivity contribution is 14.1. The quantitative estimate of drug-likeness (QED) is 0.640. The number of halogens is 1. The van der Waals surface area contributed by atoms with Crippen molar-refractivity contribution < 1.29 is 0 Å². The molecule has 2 aliphatic rings. The molecule has 1 radical (unpaired) electrons. The molecule has 2 aliphatic carbocycles. The van der Waals surface area contributed by atoms with Gasteiger partial charge in [0.15, 0.2) is 0 Å². The van der Waals surface area contributed by atoms with E-state index in [0.717, 1.165) is 0 Å². The lowest BCUT2D eigenvalue weighted by atomic mass is 9.83. The average molecular weight is 297 g/mol. The maximum atomic E-state index is 3.44. The van der Waals surface area contributed by atoms with E-state index in [1.807, 2.05) is 0 Å². The maximum absolute atomic E-state index is 3.44. The van der Waals surface area contributed by atoms with E-state index in [4.69, 9.17) is 0 Å². The normalized spacial score (nSPS) is 22.9. The summed E-state index contributed by atoms with van der Waals surface area (Å²) in [7, 11) is 0. The van der Waals surface area contributed by atoms with Crippen molar-refractivity contribution in [3.05, 3.63) is 32.9 Å². The molecule has 0 heterocycles. The lowest BCUT2D eigenvalue weighted by Crippen LogP contribution is -2.15. The Kier molecular flexibility index (Phi) is 2.12. The van der Waals surface area contributed by atoms with Crippen LogP contribution in [-0.4, -0.2) is 0 Å². The Balaban J connectivity index is 2.00. The van der Waals surface area contributed by atoms with Gasteiger partial charge in [0.25, 0.3) is 0 Å². The molecule has 0 bridgehead atoms. The molecule has 73 valence electrons. The largest absolute Gasteiger partial charge is 0.0530 e. The predicted molar refractivity (Wildman–Crippen MR) is 66.3 cm³/mol. The molecule has 3 rings (SSSR count). The van der Waals surface area contributed by atoms with E-state index in [0.29, 0.717) is 5.41 Å². The van der Waals surface area contributed by atoms with Gasteiger partial charge in [-0.25, -0.2) is 0 Å². The second-order valence-electron chi connectivity index (χ2n) is 4.84. The van der Waals surface area contributed by atoms with Gasteiger partial charge in [-0.3, -0.25) is 0 Å². The highest BCUT2D eigenvalue weighted by Crippen LogP contribution is 2.49. The van der Waals surface area contributed by atoms with Crippen LogP contribution in [-0.2, 0) is 12.8 Å². The van der Waals surface area contributed by atoms with Gasteiger partial charge in [0.2, 0.25) is 0 Å². The lowest BCUT2D eigenvalue weighted by molar-refractivity contribution is 0.317. The Hall–Kier alpha value is -0.0500. The molecule has 0 nitrogen and oxygen atoms in total. The lowest BCUT2D eigenvalue weighted by Gasteiger charge is -2.21. The fourth-order valence-electron chi connectivity index (χ4n) is 3.19. The average Bonchev–Trinajstić information content (AvgIpc) is 2.75. The van der Waals surface area contributed by atoms with Gasteiger partial charge in [0.05, 0.1) is 0 Å². The van der Waals surface area contributed by atoms with Gasteiger partial charge in [-0.05, 0) is 76.9 Å². The molecule has 0 atom stereocenters. The maximum Gasteiger partial charge on any atom is 0.0165 e. The summed E-state index contributed by atoms with van der Waals surface area (Å²) < 4.78 is 1.46. The molecule has 1 heteroatoms. The zero-order valence-electron chi connectivity index (χ0n) is 8.28. The first-order valence-electron chi connectivity index (χ1n) is 5.47. The van der Waals surface area contributed by atoms with E-state index >= 15 is 0 Å². The van der Waals surface area contributed by atoms with Crippen LogP contribution in [0.4, 0.5) is 0 Å². The van der Waals surface area contributed by atoms with Crippen molar-refractivity contribution in [3.63, 3.8) is 0 Å². The summed E-state index contributed by atoms with van der Waals surface area (Å²) in [4.78, 5) is 0. The predicted octanol–water partition coefficient (Wildman–Crippen LogP) is 3.75. The molecule has 1 aromatic rings. The first-order chi connectivity index (χ1) is 6.79. The van der Waals surface area contributed by atoms with Crippen molar-refractivity contribution in [2.75, 3.05) is 0 Å². The van der Waals surface area contributed by atoms with Crippen LogP contribution in [0.15, 0.2) is 12.1 Å². The van der Waals surface area contributed by atoms with Crippen LogP contribution in [0.5, 0.6) is 0 Å². The molecular formula is C13H14I. The van der Waals surface area contributed by atoms with E-state index in [-0.39, 0.29) is 0 Å². The van der Waals surface area contributed by atoms with Crippen LogP contribution in [0.25, 0.3) is 0 Å². The molecule has 1 aromatic carbocycles. The summed E-state index contributed by atoms with van der Waals surface area (Å²) >= 11 is 2.48. The van der Waals surface area contributed by atoms with Crippen LogP contribution in [0.3, 0.4) is 0 Å². The van der Waals surface area contributed by atoms with Crippen molar-refractivity contribution in [2.45, 2.75) is 38.5 Å². The van der Waals surface area contributed by atoms with Crippen LogP contribution in [0, 0.1) is 15.1 Å². The third-order valence-corrected chi connectivity index (χ3v) is 4.92. The van der Waals surface area contributed by atoms with Gasteiger partial charge in [-0.2, -0.15) is 0 Å². The Bertz CT molecular complexity index is 361. The topological polar surface area (TPSA) is 0 Å². The fourth-order valence-corrected chi connectivity index (χ4v) is 3.88. The smallest absolute Gasteiger partial charge is 0.0165 e. The molecule has 0 aliphatic heterocycles. The number of fused-ring (bicyclic) bond motifs is 1. The zero-order valence-corrected chi connectivity index (χ0v) is 10.4. The van der Waals surface area contributed by atoms with Crippen molar-refractivity contribution in [1.29, 1.82) is 0 Å².